The summed E-state index contributed by atoms with van der Waals surface area (Å²) in [6.07, 6.45) is -2.97. The second-order valence-corrected chi connectivity index (χ2v) is 7.30. The molecule has 2 aromatic rings. The number of aliphatic carboxylic acids is 1. The lowest BCUT2D eigenvalue weighted by atomic mass is 10.1. The monoisotopic (exact) mass is 398 g/mol. The molecule has 1 N–H and O–H groups in total. The van der Waals surface area contributed by atoms with Crippen molar-refractivity contribution in [1.29, 1.82) is 0 Å². The highest BCUT2D eigenvalue weighted by molar-refractivity contribution is 7.13. The fraction of sp³-hybridized carbons (Fsp3) is 0.389. The number of carboxylic acid groups (broad SMARTS) is 1. The predicted molar refractivity (Wildman–Crippen MR) is 93.2 cm³/mol. The maximum absolute atomic E-state index is 12.9. The molecule has 0 spiro atoms. The molecular formula is C18H17F3N2O3S. The van der Waals surface area contributed by atoms with E-state index >= 15 is 0 Å². The zero-order valence-corrected chi connectivity index (χ0v) is 15.2. The summed E-state index contributed by atoms with van der Waals surface area (Å²) in [6.45, 7) is 1.47. The van der Waals surface area contributed by atoms with Crippen LogP contribution in [0.2, 0.25) is 0 Å². The highest BCUT2D eigenvalue weighted by Gasteiger charge is 2.38. The van der Waals surface area contributed by atoms with E-state index in [4.69, 9.17) is 0 Å². The maximum Gasteiger partial charge on any atom is 0.416 e. The van der Waals surface area contributed by atoms with Crippen molar-refractivity contribution in [2.75, 3.05) is 0 Å². The van der Waals surface area contributed by atoms with Crippen LogP contribution in [-0.4, -0.2) is 39.0 Å². The van der Waals surface area contributed by atoms with Gasteiger partial charge in [0.15, 0.2) is 0 Å². The summed E-state index contributed by atoms with van der Waals surface area (Å²) in [7, 11) is 0. The normalized spacial score (nSPS) is 15.4. The number of carbonyl (C=O) groups excluding carboxylic acids is 1. The fourth-order valence-electron chi connectivity index (χ4n) is 2.80. The minimum Gasteiger partial charge on any atom is -0.480 e. The van der Waals surface area contributed by atoms with E-state index in [-0.39, 0.29) is 18.4 Å². The van der Waals surface area contributed by atoms with Crippen LogP contribution in [0, 0.1) is 0 Å². The number of amides is 1. The van der Waals surface area contributed by atoms with Gasteiger partial charge < -0.3 is 10.0 Å². The lowest BCUT2D eigenvalue weighted by molar-refractivity contribution is -0.149. The van der Waals surface area contributed by atoms with Crippen LogP contribution in [0.3, 0.4) is 0 Å². The van der Waals surface area contributed by atoms with Crippen LogP contribution in [-0.2, 0) is 22.2 Å². The third kappa shape index (κ3) is 4.47. The van der Waals surface area contributed by atoms with Crippen LogP contribution in [0.15, 0.2) is 29.6 Å². The molecule has 1 unspecified atom stereocenters. The molecule has 9 heteroatoms. The highest BCUT2D eigenvalue weighted by atomic mass is 32.1. The van der Waals surface area contributed by atoms with Crippen molar-refractivity contribution in [3.63, 3.8) is 0 Å². The molecule has 0 saturated heterocycles. The van der Waals surface area contributed by atoms with E-state index in [0.717, 1.165) is 36.3 Å². The van der Waals surface area contributed by atoms with Crippen LogP contribution in [0.1, 0.15) is 31.0 Å². The Morgan fingerprint density at radius 2 is 2.07 bits per heavy atom. The molecule has 1 fully saturated rings. The number of alkyl halides is 3. The lowest BCUT2D eigenvalue weighted by Gasteiger charge is -2.26. The van der Waals surface area contributed by atoms with Crippen molar-refractivity contribution < 1.29 is 27.9 Å². The van der Waals surface area contributed by atoms with Gasteiger partial charge in [0, 0.05) is 17.0 Å². The predicted octanol–water partition coefficient (Wildman–Crippen LogP) is 3.84. The Kier molecular flexibility index (Phi) is 5.23. The Morgan fingerprint density at radius 3 is 2.67 bits per heavy atom. The third-order valence-corrected chi connectivity index (χ3v) is 5.26. The van der Waals surface area contributed by atoms with Crippen molar-refractivity contribution in [2.45, 2.75) is 44.4 Å². The van der Waals surface area contributed by atoms with Gasteiger partial charge in [-0.1, -0.05) is 12.1 Å². The molecule has 27 heavy (non-hydrogen) atoms. The number of benzene rings is 1. The van der Waals surface area contributed by atoms with E-state index in [1.807, 2.05) is 0 Å². The van der Waals surface area contributed by atoms with Gasteiger partial charge in [0.05, 0.1) is 17.7 Å². The number of carbonyl (C=O) groups is 2. The van der Waals surface area contributed by atoms with Gasteiger partial charge in [-0.15, -0.1) is 11.3 Å². The number of hydrogen-bond acceptors (Lipinski definition) is 4. The van der Waals surface area contributed by atoms with E-state index in [0.29, 0.717) is 16.3 Å². The van der Waals surface area contributed by atoms with Gasteiger partial charge in [-0.05, 0) is 31.9 Å². The number of aromatic nitrogens is 1. The molecule has 1 aromatic carbocycles. The number of hydrogen-bond donors (Lipinski definition) is 1. The van der Waals surface area contributed by atoms with E-state index in [2.05, 4.69) is 4.98 Å². The summed E-state index contributed by atoms with van der Waals surface area (Å²) in [5, 5.41) is 11.2. The summed E-state index contributed by atoms with van der Waals surface area (Å²) in [5.74, 6) is -1.41. The second-order valence-electron chi connectivity index (χ2n) is 6.45. The van der Waals surface area contributed by atoms with Crippen molar-refractivity contribution in [3.8, 4) is 10.6 Å². The van der Waals surface area contributed by atoms with Crippen LogP contribution >= 0.6 is 11.3 Å². The quantitative estimate of drug-likeness (QED) is 0.803. The molecule has 1 atom stereocenters. The van der Waals surface area contributed by atoms with Crippen LogP contribution < -0.4 is 0 Å². The Hall–Kier alpha value is -2.42. The summed E-state index contributed by atoms with van der Waals surface area (Å²) >= 11 is 1.15. The summed E-state index contributed by atoms with van der Waals surface area (Å²) in [5.41, 5.74) is -0.0184. The summed E-state index contributed by atoms with van der Waals surface area (Å²) in [4.78, 5) is 29.4. The molecule has 5 nitrogen and oxygen atoms in total. The standard InChI is InChI=1S/C18H17F3N2O3S/c1-10(17(25)26)23(14-5-6-14)15(24)8-13-9-27-16(22-13)11-3-2-4-12(7-11)18(19,20)21/h2-4,7,9-10,14H,5-6,8H2,1H3,(H,25,26). The molecule has 0 radical (unpaired) electrons. The largest absolute Gasteiger partial charge is 0.480 e. The molecule has 0 bridgehead atoms. The molecule has 1 aliphatic carbocycles. The molecule has 3 rings (SSSR count). The van der Waals surface area contributed by atoms with Gasteiger partial charge in [0.25, 0.3) is 0 Å². The van der Waals surface area contributed by atoms with E-state index in [1.54, 1.807) is 5.38 Å². The molecule has 0 aliphatic heterocycles. The van der Waals surface area contributed by atoms with Crippen molar-refractivity contribution in [2.24, 2.45) is 0 Å². The average molecular weight is 398 g/mol. The van der Waals surface area contributed by atoms with Crippen LogP contribution in [0.25, 0.3) is 10.6 Å². The summed E-state index contributed by atoms with van der Waals surface area (Å²) < 4.78 is 38.6. The Labute approximate surface area is 157 Å². The summed E-state index contributed by atoms with van der Waals surface area (Å²) in [6, 6.07) is 3.86. The number of rotatable bonds is 6. The zero-order valence-electron chi connectivity index (χ0n) is 14.4. The first-order valence-corrected chi connectivity index (χ1v) is 9.21. The van der Waals surface area contributed by atoms with Crippen LogP contribution in [0.5, 0.6) is 0 Å². The molecular weight excluding hydrogens is 381 g/mol. The van der Waals surface area contributed by atoms with Crippen LogP contribution in [0.4, 0.5) is 13.2 Å². The van der Waals surface area contributed by atoms with Crippen molar-refractivity contribution in [1.82, 2.24) is 9.88 Å². The van der Waals surface area contributed by atoms with Crippen molar-refractivity contribution >= 4 is 23.2 Å². The topological polar surface area (TPSA) is 70.5 Å². The first-order valence-electron chi connectivity index (χ1n) is 8.33. The minimum absolute atomic E-state index is 0.0647. The number of carboxylic acids is 1. The second kappa shape index (κ2) is 7.30. The zero-order chi connectivity index (χ0) is 19.8. The smallest absolute Gasteiger partial charge is 0.416 e. The molecule has 144 valence electrons. The Balaban J connectivity index is 1.76. The fourth-order valence-corrected chi connectivity index (χ4v) is 3.62. The Bertz CT molecular complexity index is 862. The van der Waals surface area contributed by atoms with E-state index < -0.39 is 23.8 Å². The first kappa shape index (κ1) is 19.3. The lowest BCUT2D eigenvalue weighted by Crippen LogP contribution is -2.45. The average Bonchev–Trinajstić information content (AvgIpc) is 3.32. The van der Waals surface area contributed by atoms with Gasteiger partial charge in [0.1, 0.15) is 11.0 Å². The number of halogens is 3. The number of nitrogens with zero attached hydrogens (tertiary/aromatic N) is 2. The van der Waals surface area contributed by atoms with Gasteiger partial charge in [-0.3, -0.25) is 4.79 Å². The third-order valence-electron chi connectivity index (χ3n) is 4.32. The number of thiazole rings is 1. The van der Waals surface area contributed by atoms with Gasteiger partial charge in [-0.25, -0.2) is 9.78 Å². The van der Waals surface area contributed by atoms with Crippen molar-refractivity contribution in [3.05, 3.63) is 40.9 Å². The van der Waals surface area contributed by atoms with Gasteiger partial charge >= 0.3 is 12.1 Å². The Morgan fingerprint density at radius 1 is 1.37 bits per heavy atom. The molecule has 1 aliphatic rings. The molecule has 1 aromatic heterocycles. The van der Waals surface area contributed by atoms with Gasteiger partial charge in [-0.2, -0.15) is 13.2 Å². The van der Waals surface area contributed by atoms with E-state index in [1.165, 1.54) is 24.0 Å². The maximum atomic E-state index is 12.9. The molecule has 1 heterocycles. The minimum atomic E-state index is -4.44. The SMILES string of the molecule is CC(C(=O)O)N(C(=O)Cc1csc(-c2cccc(C(F)(F)F)c2)n1)C1CC1. The highest BCUT2D eigenvalue weighted by Crippen LogP contribution is 2.33. The van der Waals surface area contributed by atoms with Gasteiger partial charge in [0.2, 0.25) is 5.91 Å². The van der Waals surface area contributed by atoms with E-state index in [9.17, 15) is 27.9 Å². The molecule has 1 saturated carbocycles. The molecule has 1 amide bonds. The first-order chi connectivity index (χ1) is 12.7.